The first-order chi connectivity index (χ1) is 13.0. The number of carbonyl (C=O) groups is 2. The van der Waals surface area contributed by atoms with Crippen LogP contribution in [0.4, 0.5) is 16.2 Å². The topological polar surface area (TPSA) is 55.9 Å². The van der Waals surface area contributed by atoms with E-state index in [1.165, 1.54) is 0 Å². The molecule has 1 aliphatic heterocycles. The Morgan fingerprint density at radius 3 is 2.15 bits per heavy atom. The van der Waals surface area contributed by atoms with Gasteiger partial charge in [-0.2, -0.15) is 0 Å². The molecule has 1 heterocycles. The molecule has 3 rings (SSSR count). The largest absolute Gasteiger partial charge is 0.378 e. The Hall–Kier alpha value is -3.02. The molecular formula is C21H26N4O2. The van der Waals surface area contributed by atoms with Crippen LogP contribution in [0.1, 0.15) is 16.8 Å². The Morgan fingerprint density at radius 2 is 1.48 bits per heavy atom. The van der Waals surface area contributed by atoms with E-state index in [4.69, 9.17) is 0 Å². The highest BCUT2D eigenvalue weighted by Gasteiger charge is 2.23. The van der Waals surface area contributed by atoms with E-state index in [0.29, 0.717) is 31.7 Å². The Morgan fingerprint density at radius 1 is 0.852 bits per heavy atom. The van der Waals surface area contributed by atoms with E-state index in [-0.39, 0.29) is 11.9 Å². The van der Waals surface area contributed by atoms with Crippen LogP contribution in [0.15, 0.2) is 54.6 Å². The fourth-order valence-corrected chi connectivity index (χ4v) is 3.13. The number of hydrogen-bond acceptors (Lipinski definition) is 3. The summed E-state index contributed by atoms with van der Waals surface area (Å²) >= 11 is 0. The third-order valence-corrected chi connectivity index (χ3v) is 4.73. The van der Waals surface area contributed by atoms with E-state index >= 15 is 0 Å². The molecule has 2 aromatic carbocycles. The molecule has 6 heteroatoms. The van der Waals surface area contributed by atoms with E-state index in [0.717, 1.165) is 17.8 Å². The highest BCUT2D eigenvalue weighted by Crippen LogP contribution is 2.15. The minimum absolute atomic E-state index is 0.0191. The van der Waals surface area contributed by atoms with Crippen molar-refractivity contribution < 1.29 is 9.59 Å². The smallest absolute Gasteiger partial charge is 0.321 e. The average molecular weight is 366 g/mol. The van der Waals surface area contributed by atoms with Crippen molar-refractivity contribution >= 4 is 23.3 Å². The number of para-hydroxylation sites is 1. The van der Waals surface area contributed by atoms with Gasteiger partial charge in [0.25, 0.3) is 5.91 Å². The fourth-order valence-electron chi connectivity index (χ4n) is 3.13. The van der Waals surface area contributed by atoms with Crippen LogP contribution in [-0.2, 0) is 0 Å². The Labute approximate surface area is 160 Å². The number of urea groups is 1. The summed E-state index contributed by atoms with van der Waals surface area (Å²) in [5.74, 6) is 0.0191. The van der Waals surface area contributed by atoms with Gasteiger partial charge >= 0.3 is 6.03 Å². The maximum Gasteiger partial charge on any atom is 0.321 e. The molecule has 2 aromatic rings. The van der Waals surface area contributed by atoms with Gasteiger partial charge in [-0.3, -0.25) is 4.79 Å². The highest BCUT2D eigenvalue weighted by molar-refractivity contribution is 5.94. The van der Waals surface area contributed by atoms with Crippen LogP contribution in [0.25, 0.3) is 0 Å². The Balaban J connectivity index is 1.59. The zero-order valence-electron chi connectivity index (χ0n) is 15.9. The number of benzene rings is 2. The predicted molar refractivity (Wildman–Crippen MR) is 108 cm³/mol. The maximum absolute atomic E-state index is 12.8. The van der Waals surface area contributed by atoms with Crippen LogP contribution in [-0.4, -0.2) is 62.0 Å². The number of hydrogen-bond donors (Lipinski definition) is 1. The lowest BCUT2D eigenvalue weighted by Crippen LogP contribution is -2.39. The third-order valence-electron chi connectivity index (χ3n) is 4.73. The van der Waals surface area contributed by atoms with Crippen molar-refractivity contribution in [3.8, 4) is 0 Å². The van der Waals surface area contributed by atoms with Gasteiger partial charge in [0.2, 0.25) is 0 Å². The van der Waals surface area contributed by atoms with Crippen LogP contribution in [0.3, 0.4) is 0 Å². The summed E-state index contributed by atoms with van der Waals surface area (Å²) in [6, 6.07) is 16.9. The third kappa shape index (κ3) is 4.78. The summed E-state index contributed by atoms with van der Waals surface area (Å²) in [5, 5.41) is 2.91. The molecule has 0 atom stereocenters. The first-order valence-corrected chi connectivity index (χ1v) is 9.22. The maximum atomic E-state index is 12.8. The molecule has 1 fully saturated rings. The first kappa shape index (κ1) is 18.8. The van der Waals surface area contributed by atoms with Gasteiger partial charge in [-0.05, 0) is 42.8 Å². The molecule has 3 amide bonds. The van der Waals surface area contributed by atoms with Crippen molar-refractivity contribution in [3.63, 3.8) is 0 Å². The van der Waals surface area contributed by atoms with Gasteiger partial charge in [-0.1, -0.05) is 18.2 Å². The van der Waals surface area contributed by atoms with Crippen LogP contribution < -0.4 is 10.2 Å². The van der Waals surface area contributed by atoms with Gasteiger partial charge in [0, 0.05) is 57.2 Å². The lowest BCUT2D eigenvalue weighted by Gasteiger charge is -2.23. The van der Waals surface area contributed by atoms with E-state index in [1.807, 2.05) is 78.5 Å². The number of amides is 3. The van der Waals surface area contributed by atoms with E-state index in [2.05, 4.69) is 5.32 Å². The van der Waals surface area contributed by atoms with Gasteiger partial charge in [-0.25, -0.2) is 4.79 Å². The number of nitrogens with zero attached hydrogens (tertiary/aromatic N) is 3. The molecule has 6 nitrogen and oxygen atoms in total. The number of nitrogens with one attached hydrogen (secondary N) is 1. The normalized spacial score (nSPS) is 14.4. The second-order valence-corrected chi connectivity index (χ2v) is 6.87. The number of anilines is 2. The minimum atomic E-state index is -0.120. The lowest BCUT2D eigenvalue weighted by molar-refractivity contribution is 0.0762. The van der Waals surface area contributed by atoms with Gasteiger partial charge in [0.1, 0.15) is 0 Å². The summed E-state index contributed by atoms with van der Waals surface area (Å²) < 4.78 is 0. The van der Waals surface area contributed by atoms with Crippen molar-refractivity contribution in [3.05, 3.63) is 60.2 Å². The molecule has 1 N–H and O–H groups in total. The zero-order valence-corrected chi connectivity index (χ0v) is 15.9. The molecule has 0 aromatic heterocycles. The highest BCUT2D eigenvalue weighted by atomic mass is 16.2. The monoisotopic (exact) mass is 366 g/mol. The summed E-state index contributed by atoms with van der Waals surface area (Å²) in [4.78, 5) is 30.9. The van der Waals surface area contributed by atoms with Crippen LogP contribution in [0.5, 0.6) is 0 Å². The molecule has 1 aliphatic rings. The summed E-state index contributed by atoms with van der Waals surface area (Å²) in [7, 11) is 3.95. The second-order valence-electron chi connectivity index (χ2n) is 6.87. The van der Waals surface area contributed by atoms with Crippen molar-refractivity contribution in [2.45, 2.75) is 6.42 Å². The standard InChI is InChI=1S/C21H26N4O2/c1-23(2)19-11-9-17(10-12-19)20(26)24-13-6-14-25(16-15-24)21(27)22-18-7-4-3-5-8-18/h3-5,7-12H,6,13-16H2,1-2H3,(H,22,27). The van der Waals surface area contributed by atoms with Crippen LogP contribution in [0.2, 0.25) is 0 Å². The van der Waals surface area contributed by atoms with E-state index < -0.39 is 0 Å². The number of carbonyl (C=O) groups excluding carboxylic acids is 2. The molecule has 1 saturated heterocycles. The first-order valence-electron chi connectivity index (χ1n) is 9.22. The summed E-state index contributed by atoms with van der Waals surface area (Å²) in [6.45, 7) is 2.36. The predicted octanol–water partition coefficient (Wildman–Crippen LogP) is 3.13. The molecule has 0 saturated carbocycles. The zero-order chi connectivity index (χ0) is 19.2. The van der Waals surface area contributed by atoms with Crippen molar-refractivity contribution in [2.24, 2.45) is 0 Å². The molecular weight excluding hydrogens is 340 g/mol. The Bertz CT molecular complexity index is 775. The quantitative estimate of drug-likeness (QED) is 0.908. The summed E-state index contributed by atoms with van der Waals surface area (Å²) in [5.41, 5.74) is 2.52. The molecule has 0 radical (unpaired) electrons. The molecule has 0 spiro atoms. The average Bonchev–Trinajstić information content (AvgIpc) is 2.94. The fraction of sp³-hybridized carbons (Fsp3) is 0.333. The second kappa shape index (κ2) is 8.58. The van der Waals surface area contributed by atoms with Gasteiger partial charge < -0.3 is 20.0 Å². The Kier molecular flexibility index (Phi) is 5.96. The van der Waals surface area contributed by atoms with Crippen molar-refractivity contribution in [2.75, 3.05) is 50.5 Å². The minimum Gasteiger partial charge on any atom is -0.378 e. The van der Waals surface area contributed by atoms with Crippen LogP contribution in [0, 0.1) is 0 Å². The SMILES string of the molecule is CN(C)c1ccc(C(=O)N2CCCN(C(=O)Nc3ccccc3)CC2)cc1. The van der Waals surface area contributed by atoms with E-state index in [1.54, 1.807) is 4.90 Å². The molecule has 27 heavy (non-hydrogen) atoms. The summed E-state index contributed by atoms with van der Waals surface area (Å²) in [6.07, 6.45) is 0.768. The van der Waals surface area contributed by atoms with Gasteiger partial charge in [0.15, 0.2) is 0 Å². The van der Waals surface area contributed by atoms with Crippen molar-refractivity contribution in [1.82, 2.24) is 9.80 Å². The molecule has 0 aliphatic carbocycles. The van der Waals surface area contributed by atoms with E-state index in [9.17, 15) is 9.59 Å². The number of rotatable bonds is 3. The lowest BCUT2D eigenvalue weighted by atomic mass is 10.1. The molecule has 0 unspecified atom stereocenters. The van der Waals surface area contributed by atoms with Gasteiger partial charge in [0.05, 0.1) is 0 Å². The van der Waals surface area contributed by atoms with Crippen LogP contribution >= 0.6 is 0 Å². The molecule has 0 bridgehead atoms. The molecule has 142 valence electrons. The van der Waals surface area contributed by atoms with Crippen molar-refractivity contribution in [1.29, 1.82) is 0 Å². The van der Waals surface area contributed by atoms with Gasteiger partial charge in [-0.15, -0.1) is 0 Å².